The topological polar surface area (TPSA) is 59.6 Å². The van der Waals surface area contributed by atoms with E-state index in [1.807, 2.05) is 20.8 Å². The van der Waals surface area contributed by atoms with Crippen LogP contribution in [0, 0.1) is 0 Å². The standard InChI is InChI=1S/C13H26N2O3/c1-5-13(3,4)15-12(16)10(2)14-8-11-9-17-6-7-18-11/h10-11,14H,5-9H2,1-4H3,(H,15,16). The first kappa shape index (κ1) is 15.4. The van der Waals surface area contributed by atoms with Crippen LogP contribution in [-0.2, 0) is 14.3 Å². The molecule has 1 amide bonds. The van der Waals surface area contributed by atoms with Crippen molar-refractivity contribution < 1.29 is 14.3 Å². The van der Waals surface area contributed by atoms with Crippen LogP contribution >= 0.6 is 0 Å². The number of amides is 1. The number of hydrogen-bond donors (Lipinski definition) is 2. The summed E-state index contributed by atoms with van der Waals surface area (Å²) >= 11 is 0. The molecule has 0 aromatic rings. The molecule has 2 unspecified atom stereocenters. The molecular weight excluding hydrogens is 232 g/mol. The second-order valence-electron chi connectivity index (χ2n) is 5.42. The highest BCUT2D eigenvalue weighted by molar-refractivity contribution is 5.81. The molecule has 5 nitrogen and oxygen atoms in total. The predicted molar refractivity (Wildman–Crippen MR) is 70.5 cm³/mol. The summed E-state index contributed by atoms with van der Waals surface area (Å²) in [6.45, 7) is 10.5. The lowest BCUT2D eigenvalue weighted by Crippen LogP contribution is -2.52. The minimum atomic E-state index is -0.221. The summed E-state index contributed by atoms with van der Waals surface area (Å²) in [5.41, 5.74) is -0.155. The van der Waals surface area contributed by atoms with Crippen molar-refractivity contribution in [1.29, 1.82) is 0 Å². The first-order chi connectivity index (χ1) is 8.44. The molecule has 106 valence electrons. The van der Waals surface area contributed by atoms with Gasteiger partial charge in [-0.25, -0.2) is 0 Å². The van der Waals surface area contributed by atoms with Crippen molar-refractivity contribution in [3.63, 3.8) is 0 Å². The van der Waals surface area contributed by atoms with Crippen molar-refractivity contribution in [3.05, 3.63) is 0 Å². The van der Waals surface area contributed by atoms with Gasteiger partial charge in [0.25, 0.3) is 0 Å². The maximum absolute atomic E-state index is 11.9. The fourth-order valence-electron chi connectivity index (χ4n) is 1.59. The Balaban J connectivity index is 2.26. The van der Waals surface area contributed by atoms with Gasteiger partial charge >= 0.3 is 0 Å². The molecular formula is C13H26N2O3. The largest absolute Gasteiger partial charge is 0.376 e. The lowest BCUT2D eigenvalue weighted by molar-refractivity contribution is -0.125. The smallest absolute Gasteiger partial charge is 0.237 e. The Morgan fingerprint density at radius 2 is 2.17 bits per heavy atom. The Bertz CT molecular complexity index is 263. The van der Waals surface area contributed by atoms with Crippen molar-refractivity contribution in [1.82, 2.24) is 10.6 Å². The third kappa shape index (κ3) is 5.33. The molecule has 0 saturated carbocycles. The van der Waals surface area contributed by atoms with Gasteiger partial charge in [-0.3, -0.25) is 4.79 Å². The highest BCUT2D eigenvalue weighted by Crippen LogP contribution is 2.07. The van der Waals surface area contributed by atoms with Gasteiger partial charge in [-0.15, -0.1) is 0 Å². The van der Waals surface area contributed by atoms with Gasteiger partial charge in [-0.05, 0) is 27.2 Å². The maximum atomic E-state index is 11.9. The Kier molecular flexibility index (Phi) is 6.05. The van der Waals surface area contributed by atoms with Crippen LogP contribution < -0.4 is 10.6 Å². The number of rotatable bonds is 6. The normalized spacial score (nSPS) is 22.6. The van der Waals surface area contributed by atoms with Crippen LogP contribution in [0.4, 0.5) is 0 Å². The predicted octanol–water partition coefficient (Wildman–Crippen LogP) is 0.685. The zero-order chi connectivity index (χ0) is 13.6. The average Bonchev–Trinajstić information content (AvgIpc) is 2.36. The van der Waals surface area contributed by atoms with Crippen LogP contribution in [0.15, 0.2) is 0 Å². The summed E-state index contributed by atoms with van der Waals surface area (Å²) in [5.74, 6) is 0.0265. The van der Waals surface area contributed by atoms with Crippen molar-refractivity contribution in [2.24, 2.45) is 0 Å². The van der Waals surface area contributed by atoms with Gasteiger partial charge in [-0.1, -0.05) is 6.92 Å². The van der Waals surface area contributed by atoms with Gasteiger partial charge in [-0.2, -0.15) is 0 Å². The van der Waals surface area contributed by atoms with E-state index in [0.717, 1.165) is 6.42 Å². The van der Waals surface area contributed by atoms with Crippen LogP contribution in [0.5, 0.6) is 0 Å². The van der Waals surface area contributed by atoms with Crippen LogP contribution in [0.3, 0.4) is 0 Å². The lowest BCUT2D eigenvalue weighted by Gasteiger charge is -2.28. The van der Waals surface area contributed by atoms with Crippen molar-refractivity contribution in [2.45, 2.75) is 51.8 Å². The van der Waals surface area contributed by atoms with E-state index < -0.39 is 0 Å². The highest BCUT2D eigenvalue weighted by atomic mass is 16.6. The molecule has 2 atom stereocenters. The third-order valence-electron chi connectivity index (χ3n) is 3.28. The summed E-state index contributed by atoms with van der Waals surface area (Å²) in [6, 6.07) is -0.221. The molecule has 2 N–H and O–H groups in total. The Morgan fingerprint density at radius 3 is 2.72 bits per heavy atom. The molecule has 1 fully saturated rings. The van der Waals surface area contributed by atoms with E-state index in [-0.39, 0.29) is 23.6 Å². The van der Waals surface area contributed by atoms with Crippen LogP contribution in [0.2, 0.25) is 0 Å². The Labute approximate surface area is 110 Å². The average molecular weight is 258 g/mol. The summed E-state index contributed by atoms with van der Waals surface area (Å²) in [7, 11) is 0. The number of ether oxygens (including phenoxy) is 2. The molecule has 0 spiro atoms. The van der Waals surface area contributed by atoms with Gasteiger partial charge < -0.3 is 20.1 Å². The molecule has 0 radical (unpaired) electrons. The number of nitrogens with one attached hydrogen (secondary N) is 2. The SMILES string of the molecule is CCC(C)(C)NC(=O)C(C)NCC1COCCO1. The minimum absolute atomic E-state index is 0.0265. The second kappa shape index (κ2) is 7.07. The first-order valence-electron chi connectivity index (χ1n) is 6.69. The van der Waals surface area contributed by atoms with Crippen molar-refractivity contribution in [3.8, 4) is 0 Å². The van der Waals surface area contributed by atoms with Gasteiger partial charge in [0.15, 0.2) is 0 Å². The molecule has 0 bridgehead atoms. The summed E-state index contributed by atoms with van der Waals surface area (Å²) < 4.78 is 10.8. The maximum Gasteiger partial charge on any atom is 0.237 e. The zero-order valence-corrected chi connectivity index (χ0v) is 11.9. The number of carbonyl (C=O) groups excluding carboxylic acids is 1. The molecule has 5 heteroatoms. The summed E-state index contributed by atoms with van der Waals surface area (Å²) in [5, 5.41) is 6.20. The monoisotopic (exact) mass is 258 g/mol. The van der Waals surface area contributed by atoms with Gasteiger partial charge in [0.05, 0.1) is 32.0 Å². The van der Waals surface area contributed by atoms with Gasteiger partial charge in [0.1, 0.15) is 0 Å². The lowest BCUT2D eigenvalue weighted by atomic mass is 10.0. The quantitative estimate of drug-likeness (QED) is 0.736. The van der Waals surface area contributed by atoms with Crippen LogP contribution in [0.1, 0.15) is 34.1 Å². The van der Waals surface area contributed by atoms with E-state index in [1.165, 1.54) is 0 Å². The fraction of sp³-hybridized carbons (Fsp3) is 0.923. The molecule has 0 aliphatic carbocycles. The van der Waals surface area contributed by atoms with Gasteiger partial charge in [0, 0.05) is 12.1 Å². The molecule has 1 aliphatic rings. The molecule has 1 aliphatic heterocycles. The molecule has 18 heavy (non-hydrogen) atoms. The Hall–Kier alpha value is -0.650. The molecule has 1 heterocycles. The minimum Gasteiger partial charge on any atom is -0.376 e. The van der Waals surface area contributed by atoms with Gasteiger partial charge in [0.2, 0.25) is 5.91 Å². The van der Waals surface area contributed by atoms with E-state index in [2.05, 4.69) is 17.6 Å². The van der Waals surface area contributed by atoms with Crippen LogP contribution in [-0.4, -0.2) is 50.0 Å². The van der Waals surface area contributed by atoms with Crippen LogP contribution in [0.25, 0.3) is 0 Å². The van der Waals surface area contributed by atoms with E-state index in [1.54, 1.807) is 0 Å². The first-order valence-corrected chi connectivity index (χ1v) is 6.69. The number of carbonyl (C=O) groups is 1. The van der Waals surface area contributed by atoms with E-state index in [9.17, 15) is 4.79 Å². The van der Waals surface area contributed by atoms with Crippen molar-refractivity contribution >= 4 is 5.91 Å². The third-order valence-corrected chi connectivity index (χ3v) is 3.28. The molecule has 1 saturated heterocycles. The second-order valence-corrected chi connectivity index (χ2v) is 5.42. The summed E-state index contributed by atoms with van der Waals surface area (Å²) in [6.07, 6.45) is 0.957. The zero-order valence-electron chi connectivity index (χ0n) is 11.9. The molecule has 1 rings (SSSR count). The fourth-order valence-corrected chi connectivity index (χ4v) is 1.59. The van der Waals surface area contributed by atoms with Crippen molar-refractivity contribution in [2.75, 3.05) is 26.4 Å². The number of hydrogen-bond acceptors (Lipinski definition) is 4. The molecule has 0 aromatic heterocycles. The van der Waals surface area contributed by atoms with E-state index in [0.29, 0.717) is 26.4 Å². The molecule has 0 aromatic carbocycles. The Morgan fingerprint density at radius 1 is 1.44 bits per heavy atom. The van der Waals surface area contributed by atoms with E-state index in [4.69, 9.17) is 9.47 Å². The highest BCUT2D eigenvalue weighted by Gasteiger charge is 2.22. The van der Waals surface area contributed by atoms with E-state index >= 15 is 0 Å². The summed E-state index contributed by atoms with van der Waals surface area (Å²) in [4.78, 5) is 11.9.